The zero-order chi connectivity index (χ0) is 8.81. The Bertz CT molecular complexity index is 125. The molecule has 0 aliphatic heterocycles. The summed E-state index contributed by atoms with van der Waals surface area (Å²) in [5.41, 5.74) is 0. The summed E-state index contributed by atoms with van der Waals surface area (Å²) < 4.78 is 0. The fourth-order valence-corrected chi connectivity index (χ4v) is 2.11. The smallest absolute Gasteiger partial charge is 0.0247 e. The Hall–Kier alpha value is -0.300. The largest absolute Gasteiger partial charge is 0.314 e. The zero-order valence-electron chi connectivity index (χ0n) is 8.18. The van der Waals surface area contributed by atoms with Crippen molar-refractivity contribution >= 4 is 0 Å². The highest BCUT2D eigenvalue weighted by Crippen LogP contribution is 2.27. The first-order valence-electron chi connectivity index (χ1n) is 5.16. The molecule has 0 saturated heterocycles. The second kappa shape index (κ2) is 5.36. The lowest BCUT2D eigenvalue weighted by Crippen LogP contribution is -2.26. The van der Waals surface area contributed by atoms with Crippen molar-refractivity contribution in [3.05, 3.63) is 12.7 Å². The SMILES string of the molecule is C=CC(CC1CCCCC1)NC. The number of likely N-dealkylation sites (N-methyl/N-ethyl adjacent to an activating group) is 1. The average Bonchev–Trinajstić information content (AvgIpc) is 2.16. The second-order valence-corrected chi connectivity index (χ2v) is 3.87. The normalized spacial score (nSPS) is 22.1. The molecule has 1 N–H and O–H groups in total. The average molecular weight is 167 g/mol. The van der Waals surface area contributed by atoms with Crippen LogP contribution in [0.25, 0.3) is 0 Å². The van der Waals surface area contributed by atoms with Gasteiger partial charge < -0.3 is 5.32 Å². The van der Waals surface area contributed by atoms with Crippen LogP contribution in [-0.4, -0.2) is 13.1 Å². The first kappa shape index (κ1) is 9.79. The Labute approximate surface area is 76.2 Å². The third-order valence-corrected chi connectivity index (χ3v) is 2.97. The van der Waals surface area contributed by atoms with Crippen LogP contribution in [0.1, 0.15) is 38.5 Å². The molecule has 0 aromatic rings. The molecule has 1 aliphatic rings. The highest BCUT2D eigenvalue weighted by Gasteiger charge is 2.15. The minimum absolute atomic E-state index is 0.535. The standard InChI is InChI=1S/C11H21N/c1-3-11(12-2)9-10-7-5-4-6-8-10/h3,10-12H,1,4-9H2,2H3. The summed E-state index contributed by atoms with van der Waals surface area (Å²) in [6, 6.07) is 0.535. The van der Waals surface area contributed by atoms with E-state index < -0.39 is 0 Å². The first-order valence-corrected chi connectivity index (χ1v) is 5.16. The number of rotatable bonds is 4. The van der Waals surface area contributed by atoms with E-state index in [-0.39, 0.29) is 0 Å². The third-order valence-electron chi connectivity index (χ3n) is 2.97. The molecule has 0 heterocycles. The van der Waals surface area contributed by atoms with E-state index in [0.29, 0.717) is 6.04 Å². The van der Waals surface area contributed by atoms with Gasteiger partial charge in [-0.25, -0.2) is 0 Å². The van der Waals surface area contributed by atoms with Crippen LogP contribution >= 0.6 is 0 Å². The first-order chi connectivity index (χ1) is 5.86. The second-order valence-electron chi connectivity index (χ2n) is 3.87. The van der Waals surface area contributed by atoms with Crippen LogP contribution in [0.4, 0.5) is 0 Å². The maximum Gasteiger partial charge on any atom is 0.0247 e. The molecule has 1 atom stereocenters. The lowest BCUT2D eigenvalue weighted by Gasteiger charge is -2.24. The van der Waals surface area contributed by atoms with Crippen LogP contribution in [0.2, 0.25) is 0 Å². The Morgan fingerprint density at radius 3 is 2.58 bits per heavy atom. The quantitative estimate of drug-likeness (QED) is 0.635. The van der Waals surface area contributed by atoms with E-state index in [1.54, 1.807) is 0 Å². The molecule has 0 bridgehead atoms. The van der Waals surface area contributed by atoms with Gasteiger partial charge in [0.2, 0.25) is 0 Å². The summed E-state index contributed by atoms with van der Waals surface area (Å²) in [5.74, 6) is 0.953. The highest BCUT2D eigenvalue weighted by atomic mass is 14.9. The van der Waals surface area contributed by atoms with Crippen molar-refractivity contribution in [3.8, 4) is 0 Å². The molecule has 1 fully saturated rings. The Balaban J connectivity index is 2.22. The third kappa shape index (κ3) is 2.98. The highest BCUT2D eigenvalue weighted by molar-refractivity contribution is 4.86. The van der Waals surface area contributed by atoms with E-state index in [9.17, 15) is 0 Å². The molecule has 0 amide bonds. The van der Waals surface area contributed by atoms with E-state index in [0.717, 1.165) is 5.92 Å². The molecule has 1 nitrogen and oxygen atoms in total. The van der Waals surface area contributed by atoms with Gasteiger partial charge in [-0.15, -0.1) is 6.58 Å². The lowest BCUT2D eigenvalue weighted by atomic mass is 9.85. The summed E-state index contributed by atoms with van der Waals surface area (Å²) in [6.45, 7) is 3.83. The van der Waals surface area contributed by atoms with Crippen LogP contribution in [0.5, 0.6) is 0 Å². The molecule has 0 spiro atoms. The molecular weight excluding hydrogens is 146 g/mol. The van der Waals surface area contributed by atoms with Gasteiger partial charge in [-0.1, -0.05) is 38.2 Å². The van der Waals surface area contributed by atoms with Crippen LogP contribution in [0.3, 0.4) is 0 Å². The molecule has 1 heteroatoms. The number of hydrogen-bond acceptors (Lipinski definition) is 1. The van der Waals surface area contributed by atoms with E-state index in [4.69, 9.17) is 0 Å². The molecule has 0 aromatic carbocycles. The van der Waals surface area contributed by atoms with Crippen molar-refractivity contribution < 1.29 is 0 Å². The molecule has 0 radical (unpaired) electrons. The van der Waals surface area contributed by atoms with Gasteiger partial charge in [-0.05, 0) is 19.4 Å². The van der Waals surface area contributed by atoms with Crippen molar-refractivity contribution in [3.63, 3.8) is 0 Å². The van der Waals surface area contributed by atoms with E-state index in [2.05, 4.69) is 11.9 Å². The van der Waals surface area contributed by atoms with Crippen LogP contribution in [-0.2, 0) is 0 Å². The monoisotopic (exact) mass is 167 g/mol. The molecule has 0 aromatic heterocycles. The van der Waals surface area contributed by atoms with Crippen molar-refractivity contribution in [2.45, 2.75) is 44.6 Å². The van der Waals surface area contributed by atoms with Gasteiger partial charge in [0.15, 0.2) is 0 Å². The molecule has 1 unspecified atom stereocenters. The van der Waals surface area contributed by atoms with Gasteiger partial charge in [0.25, 0.3) is 0 Å². The van der Waals surface area contributed by atoms with E-state index >= 15 is 0 Å². The van der Waals surface area contributed by atoms with Gasteiger partial charge in [-0.3, -0.25) is 0 Å². The zero-order valence-corrected chi connectivity index (χ0v) is 8.18. The Morgan fingerprint density at radius 2 is 2.08 bits per heavy atom. The molecule has 70 valence electrons. The van der Waals surface area contributed by atoms with Crippen LogP contribution < -0.4 is 5.32 Å². The van der Waals surface area contributed by atoms with Gasteiger partial charge >= 0.3 is 0 Å². The summed E-state index contributed by atoms with van der Waals surface area (Å²) >= 11 is 0. The number of hydrogen-bond donors (Lipinski definition) is 1. The maximum atomic E-state index is 3.83. The summed E-state index contributed by atoms with van der Waals surface area (Å²) in [7, 11) is 2.02. The molecule has 1 aliphatic carbocycles. The summed E-state index contributed by atoms with van der Waals surface area (Å²) in [4.78, 5) is 0. The fraction of sp³-hybridized carbons (Fsp3) is 0.818. The molecule has 1 rings (SSSR count). The molecule has 12 heavy (non-hydrogen) atoms. The maximum absolute atomic E-state index is 3.83. The van der Waals surface area contributed by atoms with Gasteiger partial charge in [0.05, 0.1) is 0 Å². The van der Waals surface area contributed by atoms with Crippen molar-refractivity contribution in [1.82, 2.24) is 5.32 Å². The van der Waals surface area contributed by atoms with Gasteiger partial charge in [0.1, 0.15) is 0 Å². The molecular formula is C11H21N. The van der Waals surface area contributed by atoms with Gasteiger partial charge in [0, 0.05) is 6.04 Å². The lowest BCUT2D eigenvalue weighted by molar-refractivity contribution is 0.320. The van der Waals surface area contributed by atoms with Crippen molar-refractivity contribution in [2.75, 3.05) is 7.05 Å². The van der Waals surface area contributed by atoms with Crippen molar-refractivity contribution in [1.29, 1.82) is 0 Å². The fourth-order valence-electron chi connectivity index (χ4n) is 2.11. The minimum atomic E-state index is 0.535. The predicted molar refractivity (Wildman–Crippen MR) is 54.2 cm³/mol. The number of nitrogens with one attached hydrogen (secondary N) is 1. The van der Waals surface area contributed by atoms with Crippen molar-refractivity contribution in [2.24, 2.45) is 5.92 Å². The Kier molecular flexibility index (Phi) is 4.37. The molecule has 1 saturated carbocycles. The minimum Gasteiger partial charge on any atom is -0.314 e. The Morgan fingerprint density at radius 1 is 1.42 bits per heavy atom. The van der Waals surface area contributed by atoms with Crippen LogP contribution in [0.15, 0.2) is 12.7 Å². The van der Waals surface area contributed by atoms with E-state index in [1.807, 2.05) is 13.1 Å². The predicted octanol–water partition coefficient (Wildman–Crippen LogP) is 2.73. The topological polar surface area (TPSA) is 12.0 Å². The summed E-state index contributed by atoms with van der Waals surface area (Å²) in [5, 5.41) is 3.28. The van der Waals surface area contributed by atoms with Gasteiger partial charge in [-0.2, -0.15) is 0 Å². The van der Waals surface area contributed by atoms with Crippen LogP contribution in [0, 0.1) is 5.92 Å². The summed E-state index contributed by atoms with van der Waals surface area (Å²) in [6.07, 6.45) is 10.5. The van der Waals surface area contributed by atoms with E-state index in [1.165, 1.54) is 38.5 Å².